The molecule has 94 valence electrons. The van der Waals surface area contributed by atoms with Crippen molar-refractivity contribution in [2.24, 2.45) is 0 Å². The average Bonchev–Trinajstić information content (AvgIpc) is 2.35. The SMILES string of the molecule is CCCCOCC(Cl)(Cl)C(=O)c1ccccc1. The molecule has 0 N–H and O–H groups in total. The predicted octanol–water partition coefficient (Wildman–Crippen LogP) is 3.86. The van der Waals surface area contributed by atoms with Crippen LogP contribution in [0.5, 0.6) is 0 Å². The lowest BCUT2D eigenvalue weighted by atomic mass is 10.1. The number of Topliss-reactive ketones (excluding diaryl/α,β-unsaturated/α-hetero) is 1. The van der Waals surface area contributed by atoms with Gasteiger partial charge in [0.1, 0.15) is 0 Å². The van der Waals surface area contributed by atoms with Crippen LogP contribution in [0.15, 0.2) is 30.3 Å². The Morgan fingerprint density at radius 3 is 2.53 bits per heavy atom. The monoisotopic (exact) mass is 274 g/mol. The molecule has 0 aliphatic carbocycles. The molecule has 2 nitrogen and oxygen atoms in total. The minimum Gasteiger partial charge on any atom is -0.378 e. The normalized spacial score (nSPS) is 11.5. The summed E-state index contributed by atoms with van der Waals surface area (Å²) in [5.41, 5.74) is 0.497. The van der Waals surface area contributed by atoms with E-state index in [2.05, 4.69) is 6.92 Å². The van der Waals surface area contributed by atoms with Gasteiger partial charge in [0.2, 0.25) is 10.1 Å². The Morgan fingerprint density at radius 2 is 1.94 bits per heavy atom. The van der Waals surface area contributed by atoms with Gasteiger partial charge in [-0.25, -0.2) is 0 Å². The Hall–Kier alpha value is -0.570. The standard InChI is InChI=1S/C13H16Cl2O2/c1-2-3-9-17-10-13(14,15)12(16)11-7-5-4-6-8-11/h4-8H,2-3,9-10H2,1H3. The first kappa shape index (κ1) is 14.5. The molecule has 0 saturated heterocycles. The molecule has 0 spiro atoms. The minimum atomic E-state index is -1.50. The third-order valence-electron chi connectivity index (χ3n) is 2.29. The van der Waals surface area contributed by atoms with Crippen molar-refractivity contribution >= 4 is 29.0 Å². The van der Waals surface area contributed by atoms with Gasteiger partial charge >= 0.3 is 0 Å². The van der Waals surface area contributed by atoms with Crippen LogP contribution in [0.25, 0.3) is 0 Å². The highest BCUT2D eigenvalue weighted by molar-refractivity contribution is 6.60. The third-order valence-corrected chi connectivity index (χ3v) is 2.86. The molecule has 0 heterocycles. The second-order valence-corrected chi connectivity index (χ2v) is 5.29. The van der Waals surface area contributed by atoms with E-state index in [1.807, 2.05) is 6.07 Å². The third kappa shape index (κ3) is 4.66. The number of alkyl halides is 2. The molecule has 0 saturated carbocycles. The van der Waals surface area contributed by atoms with E-state index in [0.717, 1.165) is 12.8 Å². The van der Waals surface area contributed by atoms with Crippen LogP contribution >= 0.6 is 23.2 Å². The van der Waals surface area contributed by atoms with Crippen LogP contribution in [0.4, 0.5) is 0 Å². The van der Waals surface area contributed by atoms with Crippen LogP contribution in [0.1, 0.15) is 30.1 Å². The largest absolute Gasteiger partial charge is 0.378 e. The van der Waals surface area contributed by atoms with E-state index in [1.165, 1.54) is 0 Å². The molecule has 17 heavy (non-hydrogen) atoms. The summed E-state index contributed by atoms with van der Waals surface area (Å²) in [5, 5.41) is 0. The molecule has 0 fully saturated rings. The second kappa shape index (κ2) is 7.00. The Kier molecular flexibility index (Phi) is 5.96. The van der Waals surface area contributed by atoms with Gasteiger partial charge in [-0.15, -0.1) is 0 Å². The summed E-state index contributed by atoms with van der Waals surface area (Å²) in [5.74, 6) is -0.321. The van der Waals surface area contributed by atoms with Crippen LogP contribution in [0.2, 0.25) is 0 Å². The lowest BCUT2D eigenvalue weighted by molar-refractivity contribution is 0.0846. The van der Waals surface area contributed by atoms with E-state index in [0.29, 0.717) is 12.2 Å². The smallest absolute Gasteiger partial charge is 0.203 e. The van der Waals surface area contributed by atoms with Crippen LogP contribution in [-0.4, -0.2) is 23.3 Å². The van der Waals surface area contributed by atoms with Crippen LogP contribution in [0, 0.1) is 0 Å². The topological polar surface area (TPSA) is 26.3 Å². The quantitative estimate of drug-likeness (QED) is 0.429. The zero-order valence-corrected chi connectivity index (χ0v) is 11.3. The van der Waals surface area contributed by atoms with Crippen molar-refractivity contribution in [2.45, 2.75) is 24.1 Å². The van der Waals surface area contributed by atoms with E-state index in [4.69, 9.17) is 27.9 Å². The van der Waals surface area contributed by atoms with Gasteiger partial charge in [0.15, 0.2) is 0 Å². The molecular formula is C13H16Cl2O2. The summed E-state index contributed by atoms with van der Waals surface area (Å²) in [6.07, 6.45) is 1.97. The number of carbonyl (C=O) groups excluding carboxylic acids is 1. The number of unbranched alkanes of at least 4 members (excludes halogenated alkanes) is 1. The summed E-state index contributed by atoms with van der Waals surface area (Å²) < 4.78 is 3.79. The van der Waals surface area contributed by atoms with Crippen molar-refractivity contribution in [1.82, 2.24) is 0 Å². The summed E-state index contributed by atoms with van der Waals surface area (Å²) in [7, 11) is 0. The number of hydrogen-bond donors (Lipinski definition) is 0. The Labute approximate surface area is 112 Å². The number of halogens is 2. The lowest BCUT2D eigenvalue weighted by Crippen LogP contribution is -2.32. The first-order valence-electron chi connectivity index (χ1n) is 5.63. The fourth-order valence-corrected chi connectivity index (χ4v) is 1.69. The van der Waals surface area contributed by atoms with E-state index < -0.39 is 4.33 Å². The van der Waals surface area contributed by atoms with Crippen LogP contribution < -0.4 is 0 Å². The average molecular weight is 275 g/mol. The Morgan fingerprint density at radius 1 is 1.29 bits per heavy atom. The summed E-state index contributed by atoms with van der Waals surface area (Å²) in [6.45, 7) is 2.65. The van der Waals surface area contributed by atoms with Crippen molar-refractivity contribution in [1.29, 1.82) is 0 Å². The zero-order valence-electron chi connectivity index (χ0n) is 9.79. The number of rotatable bonds is 7. The summed E-state index contributed by atoms with van der Waals surface area (Å²) in [4.78, 5) is 12.0. The summed E-state index contributed by atoms with van der Waals surface area (Å²) in [6, 6.07) is 8.75. The molecule has 0 radical (unpaired) electrons. The van der Waals surface area contributed by atoms with Gasteiger partial charge < -0.3 is 4.74 Å². The summed E-state index contributed by atoms with van der Waals surface area (Å²) >= 11 is 12.0. The fourth-order valence-electron chi connectivity index (χ4n) is 1.31. The molecular weight excluding hydrogens is 259 g/mol. The number of ketones is 1. The molecule has 0 aliphatic rings. The number of carbonyl (C=O) groups is 1. The molecule has 1 aromatic carbocycles. The lowest BCUT2D eigenvalue weighted by Gasteiger charge is -2.18. The van der Waals surface area contributed by atoms with Gasteiger partial charge in [-0.2, -0.15) is 0 Å². The van der Waals surface area contributed by atoms with Crippen molar-refractivity contribution in [3.05, 3.63) is 35.9 Å². The van der Waals surface area contributed by atoms with E-state index in [1.54, 1.807) is 24.3 Å². The molecule has 1 aromatic rings. The minimum absolute atomic E-state index is 0.0177. The first-order valence-corrected chi connectivity index (χ1v) is 6.39. The van der Waals surface area contributed by atoms with Gasteiger partial charge in [0.25, 0.3) is 0 Å². The van der Waals surface area contributed by atoms with Gasteiger partial charge in [0.05, 0.1) is 6.61 Å². The maximum atomic E-state index is 12.0. The van der Waals surface area contributed by atoms with Gasteiger partial charge in [-0.1, -0.05) is 66.9 Å². The molecule has 0 unspecified atom stereocenters. The van der Waals surface area contributed by atoms with Crippen molar-refractivity contribution < 1.29 is 9.53 Å². The highest BCUT2D eigenvalue weighted by Gasteiger charge is 2.34. The number of benzene rings is 1. The van der Waals surface area contributed by atoms with Gasteiger partial charge in [-0.05, 0) is 6.42 Å². The maximum absolute atomic E-state index is 12.0. The Balaban J connectivity index is 2.55. The van der Waals surface area contributed by atoms with E-state index in [9.17, 15) is 4.79 Å². The van der Waals surface area contributed by atoms with Gasteiger partial charge in [-0.3, -0.25) is 4.79 Å². The van der Waals surface area contributed by atoms with Crippen molar-refractivity contribution in [3.63, 3.8) is 0 Å². The molecule has 0 amide bonds. The van der Waals surface area contributed by atoms with Crippen LogP contribution in [0.3, 0.4) is 0 Å². The molecule has 0 atom stereocenters. The molecule has 0 aromatic heterocycles. The molecule has 0 aliphatic heterocycles. The second-order valence-electron chi connectivity index (χ2n) is 3.81. The number of ether oxygens (including phenoxy) is 1. The highest BCUT2D eigenvalue weighted by Crippen LogP contribution is 2.26. The number of hydrogen-bond acceptors (Lipinski definition) is 2. The van der Waals surface area contributed by atoms with Crippen molar-refractivity contribution in [2.75, 3.05) is 13.2 Å². The van der Waals surface area contributed by atoms with Gasteiger partial charge in [0, 0.05) is 12.2 Å². The van der Waals surface area contributed by atoms with Crippen LogP contribution in [-0.2, 0) is 4.74 Å². The fraction of sp³-hybridized carbons (Fsp3) is 0.462. The predicted molar refractivity (Wildman–Crippen MR) is 70.9 cm³/mol. The first-order chi connectivity index (χ1) is 8.08. The van der Waals surface area contributed by atoms with Crippen molar-refractivity contribution in [3.8, 4) is 0 Å². The Bertz CT molecular complexity index is 350. The van der Waals surface area contributed by atoms with E-state index in [-0.39, 0.29) is 12.4 Å². The zero-order chi connectivity index (χ0) is 12.7. The maximum Gasteiger partial charge on any atom is 0.203 e. The molecule has 0 bridgehead atoms. The highest BCUT2D eigenvalue weighted by atomic mass is 35.5. The molecule has 1 rings (SSSR count). The molecule has 4 heteroatoms. The van der Waals surface area contributed by atoms with E-state index >= 15 is 0 Å².